The monoisotopic (exact) mass is 431 g/mol. The molecule has 0 aliphatic heterocycles. The third-order valence-corrected chi connectivity index (χ3v) is 6.61. The van der Waals surface area contributed by atoms with E-state index < -0.39 is 27.0 Å². The first-order chi connectivity index (χ1) is 13.3. The SMILES string of the molecule is O=S(=O)(c1ccccc1OC(F)(F)F)N(CCc1cccs1)Cc1ccco1. The molecule has 3 aromatic rings. The van der Waals surface area contributed by atoms with Crippen LogP contribution in [0.5, 0.6) is 5.75 Å². The summed E-state index contributed by atoms with van der Waals surface area (Å²) in [6, 6.07) is 11.6. The Morgan fingerprint density at radius 1 is 1.07 bits per heavy atom. The fourth-order valence-corrected chi connectivity index (χ4v) is 4.78. The lowest BCUT2D eigenvalue weighted by atomic mass is 10.3. The van der Waals surface area contributed by atoms with Gasteiger partial charge in [0.05, 0.1) is 12.8 Å². The molecule has 1 aromatic carbocycles. The van der Waals surface area contributed by atoms with Gasteiger partial charge in [-0.05, 0) is 42.1 Å². The van der Waals surface area contributed by atoms with Crippen LogP contribution < -0.4 is 4.74 Å². The molecule has 28 heavy (non-hydrogen) atoms. The van der Waals surface area contributed by atoms with Crippen LogP contribution in [0.2, 0.25) is 0 Å². The fraction of sp³-hybridized carbons (Fsp3) is 0.222. The molecule has 2 heterocycles. The molecule has 0 amide bonds. The predicted octanol–water partition coefficient (Wildman–Crippen LogP) is 4.67. The zero-order chi connectivity index (χ0) is 20.2. The maximum absolute atomic E-state index is 13.2. The molecular weight excluding hydrogens is 415 g/mol. The number of sulfonamides is 1. The van der Waals surface area contributed by atoms with Gasteiger partial charge in [-0.2, -0.15) is 4.31 Å². The van der Waals surface area contributed by atoms with E-state index in [-0.39, 0.29) is 13.1 Å². The molecule has 0 N–H and O–H groups in total. The van der Waals surface area contributed by atoms with Gasteiger partial charge in [0.15, 0.2) is 0 Å². The highest BCUT2D eigenvalue weighted by Gasteiger charge is 2.35. The summed E-state index contributed by atoms with van der Waals surface area (Å²) in [4.78, 5) is 0.407. The van der Waals surface area contributed by atoms with E-state index in [4.69, 9.17) is 4.42 Å². The largest absolute Gasteiger partial charge is 0.573 e. The minimum absolute atomic E-state index is 0.0733. The van der Waals surface area contributed by atoms with Crippen molar-refractivity contribution in [3.8, 4) is 5.75 Å². The molecule has 0 saturated heterocycles. The molecule has 0 bridgehead atoms. The van der Waals surface area contributed by atoms with Gasteiger partial charge in [0.25, 0.3) is 0 Å². The zero-order valence-electron chi connectivity index (χ0n) is 14.4. The summed E-state index contributed by atoms with van der Waals surface area (Å²) < 4.78 is 74.7. The highest BCUT2D eigenvalue weighted by atomic mass is 32.2. The van der Waals surface area contributed by atoms with E-state index in [1.54, 1.807) is 12.1 Å². The number of hydrogen-bond donors (Lipinski definition) is 0. The molecule has 0 saturated carbocycles. The van der Waals surface area contributed by atoms with Crippen LogP contribution in [-0.2, 0) is 23.0 Å². The second kappa shape index (κ2) is 8.38. The number of benzene rings is 1. The second-order valence-electron chi connectivity index (χ2n) is 5.74. The average Bonchev–Trinajstić information content (AvgIpc) is 3.31. The van der Waals surface area contributed by atoms with Crippen molar-refractivity contribution in [3.63, 3.8) is 0 Å². The highest BCUT2D eigenvalue weighted by molar-refractivity contribution is 7.89. The number of para-hydroxylation sites is 1. The molecule has 0 radical (unpaired) electrons. The minimum atomic E-state index is -5.01. The summed E-state index contributed by atoms with van der Waals surface area (Å²) in [7, 11) is -4.28. The summed E-state index contributed by atoms with van der Waals surface area (Å²) >= 11 is 1.47. The first kappa shape index (κ1) is 20.4. The molecule has 150 valence electrons. The van der Waals surface area contributed by atoms with Gasteiger partial charge in [-0.3, -0.25) is 0 Å². The molecule has 0 aliphatic rings. The lowest BCUT2D eigenvalue weighted by Crippen LogP contribution is -2.33. The standard InChI is InChI=1S/C18H16F3NO4S2/c19-18(20,21)26-16-7-1-2-8-17(16)28(23,24)22(13-14-5-3-11-25-14)10-9-15-6-4-12-27-15/h1-8,11-12H,9-10,13H2. The van der Waals surface area contributed by atoms with Gasteiger partial charge in [0, 0.05) is 11.4 Å². The number of thiophene rings is 1. The van der Waals surface area contributed by atoms with Crippen LogP contribution in [0, 0.1) is 0 Å². The smallest absolute Gasteiger partial charge is 0.468 e. The van der Waals surface area contributed by atoms with Gasteiger partial charge in [0.2, 0.25) is 10.0 Å². The van der Waals surface area contributed by atoms with Crippen molar-refractivity contribution in [3.05, 3.63) is 70.8 Å². The Bertz CT molecular complexity index is 984. The average molecular weight is 431 g/mol. The van der Waals surface area contributed by atoms with Crippen LogP contribution in [0.25, 0.3) is 0 Å². The van der Waals surface area contributed by atoms with Gasteiger partial charge in [-0.15, -0.1) is 24.5 Å². The lowest BCUT2D eigenvalue weighted by Gasteiger charge is -2.22. The van der Waals surface area contributed by atoms with Crippen molar-refractivity contribution in [2.24, 2.45) is 0 Å². The van der Waals surface area contributed by atoms with E-state index in [1.807, 2.05) is 17.5 Å². The Morgan fingerprint density at radius 3 is 2.50 bits per heavy atom. The van der Waals surface area contributed by atoms with Crippen LogP contribution in [-0.4, -0.2) is 25.6 Å². The Morgan fingerprint density at radius 2 is 1.86 bits per heavy atom. The highest BCUT2D eigenvalue weighted by Crippen LogP contribution is 2.32. The number of rotatable bonds is 8. The topological polar surface area (TPSA) is 59.8 Å². The first-order valence-corrected chi connectivity index (χ1v) is 10.5. The Kier molecular flexibility index (Phi) is 6.11. The third-order valence-electron chi connectivity index (χ3n) is 3.79. The van der Waals surface area contributed by atoms with E-state index in [0.29, 0.717) is 12.2 Å². The summed E-state index contributed by atoms with van der Waals surface area (Å²) in [6.45, 7) is -0.0367. The number of ether oxygens (including phenoxy) is 1. The van der Waals surface area contributed by atoms with Gasteiger partial charge >= 0.3 is 6.36 Å². The van der Waals surface area contributed by atoms with Crippen LogP contribution in [0.15, 0.2) is 69.5 Å². The Labute approximate surface area is 164 Å². The van der Waals surface area contributed by atoms with Gasteiger partial charge in [-0.25, -0.2) is 8.42 Å². The van der Waals surface area contributed by atoms with E-state index in [2.05, 4.69) is 4.74 Å². The molecule has 3 rings (SSSR count). The number of hydrogen-bond acceptors (Lipinski definition) is 5. The van der Waals surface area contributed by atoms with E-state index in [1.165, 1.54) is 29.7 Å². The normalized spacial score (nSPS) is 12.4. The molecule has 2 aromatic heterocycles. The van der Waals surface area contributed by atoms with Crippen molar-refractivity contribution in [1.82, 2.24) is 4.31 Å². The zero-order valence-corrected chi connectivity index (χ0v) is 16.1. The minimum Gasteiger partial charge on any atom is -0.468 e. The molecule has 0 spiro atoms. The van der Waals surface area contributed by atoms with E-state index >= 15 is 0 Å². The third kappa shape index (κ3) is 5.15. The number of nitrogens with zero attached hydrogens (tertiary/aromatic N) is 1. The molecular formula is C18H16F3NO4S2. The Hall–Kier alpha value is -2.30. The van der Waals surface area contributed by atoms with Crippen LogP contribution >= 0.6 is 11.3 Å². The number of halogens is 3. The van der Waals surface area contributed by atoms with Crippen molar-refractivity contribution in [1.29, 1.82) is 0 Å². The van der Waals surface area contributed by atoms with Gasteiger partial charge in [0.1, 0.15) is 16.4 Å². The van der Waals surface area contributed by atoms with Crippen LogP contribution in [0.3, 0.4) is 0 Å². The summed E-state index contributed by atoms with van der Waals surface area (Å²) in [6.07, 6.45) is -3.19. The molecule has 0 atom stereocenters. The Balaban J connectivity index is 1.93. The van der Waals surface area contributed by atoms with Crippen LogP contribution in [0.4, 0.5) is 13.2 Å². The quantitative estimate of drug-likeness (QED) is 0.520. The second-order valence-corrected chi connectivity index (χ2v) is 8.68. The summed E-state index contributed by atoms with van der Waals surface area (Å²) in [5, 5.41) is 1.87. The van der Waals surface area contributed by atoms with Gasteiger partial charge < -0.3 is 9.15 Å². The molecule has 10 heteroatoms. The van der Waals surface area contributed by atoms with Crippen LogP contribution in [0.1, 0.15) is 10.6 Å². The molecule has 5 nitrogen and oxygen atoms in total. The molecule has 0 aliphatic carbocycles. The van der Waals surface area contributed by atoms with E-state index in [9.17, 15) is 21.6 Å². The number of furan rings is 1. The van der Waals surface area contributed by atoms with Crippen molar-refractivity contribution in [2.45, 2.75) is 24.2 Å². The molecule has 0 fully saturated rings. The maximum Gasteiger partial charge on any atom is 0.573 e. The molecule has 0 unspecified atom stereocenters. The van der Waals surface area contributed by atoms with Crippen molar-refractivity contribution >= 4 is 21.4 Å². The van der Waals surface area contributed by atoms with Gasteiger partial charge in [-0.1, -0.05) is 18.2 Å². The summed E-state index contributed by atoms with van der Waals surface area (Å²) in [5.74, 6) is -0.389. The summed E-state index contributed by atoms with van der Waals surface area (Å²) in [5.41, 5.74) is 0. The maximum atomic E-state index is 13.2. The van der Waals surface area contributed by atoms with Crippen molar-refractivity contribution < 1.29 is 30.7 Å². The number of alkyl halides is 3. The lowest BCUT2D eigenvalue weighted by molar-refractivity contribution is -0.275. The van der Waals surface area contributed by atoms with E-state index in [0.717, 1.165) is 21.3 Å². The predicted molar refractivity (Wildman–Crippen MR) is 97.5 cm³/mol. The fourth-order valence-electron chi connectivity index (χ4n) is 2.56. The first-order valence-electron chi connectivity index (χ1n) is 8.15. The van der Waals surface area contributed by atoms with Crippen molar-refractivity contribution in [2.75, 3.05) is 6.54 Å².